The monoisotopic (exact) mass is 756 g/mol. The van der Waals surface area contributed by atoms with Gasteiger partial charge in [0, 0.05) is 31.5 Å². The van der Waals surface area contributed by atoms with Crippen molar-refractivity contribution in [3.05, 3.63) is 84.9 Å². The Morgan fingerprint density at radius 3 is 1.51 bits per heavy atom. The maximum Gasteiger partial charge on any atom is 0.230 e. The molecule has 0 bridgehead atoms. The van der Waals surface area contributed by atoms with E-state index in [9.17, 15) is 4.39 Å². The van der Waals surface area contributed by atoms with Gasteiger partial charge < -0.3 is 27.8 Å². The van der Waals surface area contributed by atoms with Gasteiger partial charge in [0.15, 0.2) is 25.2 Å². The summed E-state index contributed by atoms with van der Waals surface area (Å²) in [7, 11) is -0.505. The topological polar surface area (TPSA) is 89.0 Å². The van der Waals surface area contributed by atoms with Crippen LogP contribution in [0, 0.1) is 5.82 Å². The number of benzene rings is 2. The molecule has 0 radical (unpaired) electrons. The van der Waals surface area contributed by atoms with Crippen LogP contribution >= 0.6 is 0 Å². The van der Waals surface area contributed by atoms with Gasteiger partial charge in [-0.1, -0.05) is 138 Å². The van der Waals surface area contributed by atoms with Crippen LogP contribution in [0.1, 0.15) is 41.5 Å². The highest BCUT2D eigenvalue weighted by molar-refractivity contribution is 6.92. The quantitative estimate of drug-likeness (QED) is 0.0712. The SMILES string of the molecule is CC[Si](CC)(CC)c1oc2ncc(F)c(OCOC)c2c1-c1ccccc1.CC[Si](CC)(CC)c1oc2nccc(OCOC)c2c1-c1ccccc1. The molecule has 53 heavy (non-hydrogen) atoms. The van der Waals surface area contributed by atoms with E-state index in [1.807, 2.05) is 42.5 Å². The fourth-order valence-electron chi connectivity index (χ4n) is 7.48. The second kappa shape index (κ2) is 18.2. The molecule has 8 nitrogen and oxygen atoms in total. The van der Waals surface area contributed by atoms with Gasteiger partial charge in [-0.05, 0) is 17.2 Å². The average molecular weight is 757 g/mol. The van der Waals surface area contributed by atoms with E-state index in [1.165, 1.54) is 7.11 Å². The van der Waals surface area contributed by atoms with Gasteiger partial charge >= 0.3 is 0 Å². The van der Waals surface area contributed by atoms with Crippen molar-refractivity contribution in [1.82, 2.24) is 9.97 Å². The molecule has 2 aromatic carbocycles. The first kappa shape index (κ1) is 39.9. The van der Waals surface area contributed by atoms with Crippen molar-refractivity contribution < 1.29 is 32.2 Å². The third kappa shape index (κ3) is 7.84. The number of ether oxygens (including phenoxy) is 4. The molecule has 4 aromatic heterocycles. The van der Waals surface area contributed by atoms with E-state index in [4.69, 9.17) is 27.8 Å². The zero-order valence-electron chi connectivity index (χ0n) is 32.4. The molecule has 4 heterocycles. The number of hydrogen-bond donors (Lipinski definition) is 0. The van der Waals surface area contributed by atoms with Crippen LogP contribution in [0.25, 0.3) is 44.5 Å². The minimum Gasteiger partial charge on any atom is -0.467 e. The zero-order valence-corrected chi connectivity index (χ0v) is 34.4. The summed E-state index contributed by atoms with van der Waals surface area (Å²) in [6.45, 7) is 13.7. The normalized spacial score (nSPS) is 11.9. The Morgan fingerprint density at radius 2 is 1.04 bits per heavy atom. The molecule has 0 aliphatic heterocycles. The molecule has 0 aliphatic rings. The third-order valence-corrected chi connectivity index (χ3v) is 21.7. The lowest BCUT2D eigenvalue weighted by Gasteiger charge is -2.26. The first-order chi connectivity index (χ1) is 25.8. The number of hydrogen-bond acceptors (Lipinski definition) is 8. The second-order valence-electron chi connectivity index (χ2n) is 13.2. The number of fused-ring (bicyclic) bond motifs is 2. The van der Waals surface area contributed by atoms with Crippen LogP contribution in [0.4, 0.5) is 4.39 Å². The summed E-state index contributed by atoms with van der Waals surface area (Å²) in [5.74, 6) is 0.389. The summed E-state index contributed by atoms with van der Waals surface area (Å²) in [4.78, 5) is 8.74. The van der Waals surface area contributed by atoms with Gasteiger partial charge in [0.2, 0.25) is 11.4 Å². The summed E-state index contributed by atoms with van der Waals surface area (Å²) in [6, 6.07) is 28.9. The van der Waals surface area contributed by atoms with Crippen LogP contribution in [0.5, 0.6) is 11.5 Å². The predicted molar refractivity (Wildman–Crippen MR) is 218 cm³/mol. The number of methoxy groups -OCH3 is 2. The first-order valence-electron chi connectivity index (χ1n) is 18.7. The van der Waals surface area contributed by atoms with Crippen LogP contribution in [0.3, 0.4) is 0 Å². The average Bonchev–Trinajstić information content (AvgIpc) is 3.80. The molecule has 0 aliphatic carbocycles. The van der Waals surface area contributed by atoms with E-state index >= 15 is 0 Å². The summed E-state index contributed by atoms with van der Waals surface area (Å²) >= 11 is 0. The molecule has 0 N–H and O–H groups in total. The highest BCUT2D eigenvalue weighted by atomic mass is 28.3. The molecule has 0 atom stereocenters. The molecule has 0 saturated heterocycles. The molecule has 0 saturated carbocycles. The van der Waals surface area contributed by atoms with E-state index in [-0.39, 0.29) is 19.3 Å². The van der Waals surface area contributed by atoms with E-state index in [2.05, 4.69) is 75.8 Å². The Kier molecular flexibility index (Phi) is 13.7. The van der Waals surface area contributed by atoms with Crippen molar-refractivity contribution in [3.63, 3.8) is 0 Å². The maximum absolute atomic E-state index is 14.6. The van der Waals surface area contributed by atoms with Crippen LogP contribution in [-0.4, -0.2) is 53.9 Å². The minimum absolute atomic E-state index is 0.0390. The summed E-state index contributed by atoms with van der Waals surface area (Å²) in [5.41, 5.74) is 5.29. The van der Waals surface area contributed by atoms with Crippen LogP contribution in [0.2, 0.25) is 36.3 Å². The van der Waals surface area contributed by atoms with Gasteiger partial charge in [0.05, 0.1) is 27.7 Å². The van der Waals surface area contributed by atoms with Crippen LogP contribution < -0.4 is 20.2 Å². The predicted octanol–water partition coefficient (Wildman–Crippen LogP) is 10.5. The number of pyridine rings is 2. The molecular weight excluding hydrogens is 704 g/mol. The maximum atomic E-state index is 14.6. The Bertz CT molecular complexity index is 2040. The summed E-state index contributed by atoms with van der Waals surface area (Å²) < 4.78 is 49.0. The lowest BCUT2D eigenvalue weighted by Crippen LogP contribution is -2.45. The molecule has 0 fully saturated rings. The van der Waals surface area contributed by atoms with Crippen molar-refractivity contribution in [2.75, 3.05) is 27.8 Å². The van der Waals surface area contributed by atoms with Crippen molar-refractivity contribution in [2.24, 2.45) is 0 Å². The van der Waals surface area contributed by atoms with Gasteiger partial charge in [-0.15, -0.1) is 0 Å². The lowest BCUT2D eigenvalue weighted by atomic mass is 10.1. The molecule has 6 aromatic rings. The van der Waals surface area contributed by atoms with Crippen molar-refractivity contribution in [2.45, 2.75) is 77.8 Å². The fraction of sp³-hybridized carbons (Fsp3) is 0.381. The molecule has 6 rings (SSSR count). The summed E-state index contributed by atoms with van der Waals surface area (Å²) in [5, 5.41) is 3.68. The van der Waals surface area contributed by atoms with Crippen LogP contribution in [-0.2, 0) is 9.47 Å². The molecule has 11 heteroatoms. The van der Waals surface area contributed by atoms with E-state index in [0.29, 0.717) is 16.8 Å². The van der Waals surface area contributed by atoms with E-state index in [0.717, 1.165) is 86.6 Å². The molecular formula is C42H53FN2O6Si2. The van der Waals surface area contributed by atoms with Gasteiger partial charge in [-0.25, -0.2) is 14.4 Å². The number of nitrogens with zero attached hydrogens (tertiary/aromatic N) is 2. The van der Waals surface area contributed by atoms with Crippen molar-refractivity contribution in [1.29, 1.82) is 0 Å². The minimum atomic E-state index is -1.89. The number of aromatic nitrogens is 2. The molecule has 282 valence electrons. The number of halogens is 1. The largest absolute Gasteiger partial charge is 0.467 e. The third-order valence-electron chi connectivity index (χ3n) is 11.0. The molecule has 0 amide bonds. The van der Waals surface area contributed by atoms with E-state index in [1.54, 1.807) is 13.3 Å². The standard InChI is InChI=1S/C21H26FNO3Si.C21H27NO3Si/c1-5-27(6-2,7-3)21-17(15-11-9-8-10-12-15)18-19(25-14-24-4)16(22)13-23-20(18)26-21;1-5-26(6-2,7-3)21-18(16-11-9-8-10-12-16)19-17(24-15-23-4)13-14-22-20(19)25-21/h8-13H,5-7,14H2,1-4H3;8-14H,5-7,15H2,1-4H3. The van der Waals surface area contributed by atoms with Crippen molar-refractivity contribution in [3.8, 4) is 33.8 Å². The van der Waals surface area contributed by atoms with Gasteiger partial charge in [0.25, 0.3) is 0 Å². The van der Waals surface area contributed by atoms with Crippen molar-refractivity contribution >= 4 is 49.1 Å². The van der Waals surface area contributed by atoms with Gasteiger partial charge in [-0.3, -0.25) is 0 Å². The van der Waals surface area contributed by atoms with Crippen LogP contribution in [0.15, 0.2) is 88.0 Å². The molecule has 0 spiro atoms. The Balaban J connectivity index is 0.000000204. The number of furan rings is 2. The fourth-order valence-corrected chi connectivity index (χ4v) is 14.6. The van der Waals surface area contributed by atoms with E-state index < -0.39 is 22.0 Å². The highest BCUT2D eigenvalue weighted by Gasteiger charge is 2.39. The first-order valence-corrected chi connectivity index (χ1v) is 23.9. The zero-order chi connectivity index (χ0) is 38.0. The molecule has 0 unspecified atom stereocenters. The van der Waals surface area contributed by atoms with Gasteiger partial charge in [-0.2, -0.15) is 0 Å². The second-order valence-corrected chi connectivity index (χ2v) is 23.5. The highest BCUT2D eigenvalue weighted by Crippen LogP contribution is 2.40. The smallest absolute Gasteiger partial charge is 0.230 e. The Morgan fingerprint density at radius 1 is 0.585 bits per heavy atom. The Hall–Kier alpha value is -4.30. The summed E-state index contributed by atoms with van der Waals surface area (Å²) in [6.07, 6.45) is 2.89. The Labute approximate surface area is 314 Å². The van der Waals surface area contributed by atoms with Gasteiger partial charge in [0.1, 0.15) is 21.9 Å². The number of rotatable bonds is 16. The lowest BCUT2D eigenvalue weighted by molar-refractivity contribution is 0.0494.